The third-order valence-corrected chi connectivity index (χ3v) is 3.47. The average molecular weight is 262 g/mol. The van der Waals surface area contributed by atoms with Crippen molar-refractivity contribution in [3.8, 4) is 0 Å². The van der Waals surface area contributed by atoms with E-state index in [9.17, 15) is 4.79 Å². The number of hydrogen-bond donors (Lipinski definition) is 2. The highest BCUT2D eigenvalue weighted by molar-refractivity contribution is 5.82. The Balaban J connectivity index is 2.19. The van der Waals surface area contributed by atoms with Crippen LogP contribution in [0.25, 0.3) is 0 Å². The maximum absolute atomic E-state index is 12.1. The van der Waals surface area contributed by atoms with Gasteiger partial charge >= 0.3 is 0 Å². The van der Waals surface area contributed by atoms with Crippen molar-refractivity contribution in [3.63, 3.8) is 0 Å². The van der Waals surface area contributed by atoms with Gasteiger partial charge in [-0.2, -0.15) is 0 Å². The Labute approximate surface area is 114 Å². The number of carbonyl (C=O) groups is 1. The van der Waals surface area contributed by atoms with Crippen LogP contribution in [0, 0.1) is 5.41 Å². The molecule has 0 radical (unpaired) electrons. The number of pyridine rings is 1. The smallest absolute Gasteiger partial charge is 0.238 e. The van der Waals surface area contributed by atoms with E-state index in [1.54, 1.807) is 12.4 Å². The lowest BCUT2D eigenvalue weighted by Gasteiger charge is -2.32. The van der Waals surface area contributed by atoms with Crippen LogP contribution in [0.2, 0.25) is 0 Å². The molecule has 1 aliphatic rings. The molecule has 2 rings (SSSR count). The number of hydrogen-bond acceptors (Lipinski definition) is 4. The topological polar surface area (TPSA) is 71.2 Å². The van der Waals surface area contributed by atoms with Gasteiger partial charge in [-0.25, -0.2) is 0 Å². The molecule has 1 aromatic heterocycles. The predicted octanol–water partition coefficient (Wildman–Crippen LogP) is 0.367. The standard InChI is InChI=1S/C14H22N4O/c1-14(2)9-17-13(19)12(7-15)18(10-14)8-11-3-5-16-6-4-11/h3-6,12H,7-10,15H2,1-2H3,(H,17,19). The summed E-state index contributed by atoms with van der Waals surface area (Å²) < 4.78 is 0. The predicted molar refractivity (Wildman–Crippen MR) is 74.3 cm³/mol. The zero-order valence-corrected chi connectivity index (χ0v) is 11.6. The highest BCUT2D eigenvalue weighted by atomic mass is 16.2. The number of aromatic nitrogens is 1. The number of nitrogens with one attached hydrogen (secondary N) is 1. The van der Waals surface area contributed by atoms with Gasteiger partial charge in [-0.15, -0.1) is 0 Å². The first-order valence-electron chi connectivity index (χ1n) is 6.62. The van der Waals surface area contributed by atoms with Crippen LogP contribution >= 0.6 is 0 Å². The van der Waals surface area contributed by atoms with Gasteiger partial charge in [0.15, 0.2) is 0 Å². The fourth-order valence-corrected chi connectivity index (χ4v) is 2.47. The SMILES string of the molecule is CC1(C)CNC(=O)C(CN)N(Cc2ccncc2)C1. The summed E-state index contributed by atoms with van der Waals surface area (Å²) in [6, 6.07) is 3.70. The summed E-state index contributed by atoms with van der Waals surface area (Å²) in [6.45, 7) is 6.91. The Morgan fingerprint density at radius 3 is 2.79 bits per heavy atom. The van der Waals surface area contributed by atoms with Gasteiger partial charge in [0.1, 0.15) is 6.04 Å². The Hall–Kier alpha value is -1.46. The van der Waals surface area contributed by atoms with Crippen LogP contribution in [0.5, 0.6) is 0 Å². The summed E-state index contributed by atoms with van der Waals surface area (Å²) in [7, 11) is 0. The van der Waals surface area contributed by atoms with Gasteiger partial charge in [0.2, 0.25) is 5.91 Å². The molecule has 5 heteroatoms. The average Bonchev–Trinajstić information content (AvgIpc) is 2.48. The first-order chi connectivity index (χ1) is 9.02. The molecule has 1 fully saturated rings. The monoisotopic (exact) mass is 262 g/mol. The number of rotatable bonds is 3. The Morgan fingerprint density at radius 1 is 1.47 bits per heavy atom. The summed E-state index contributed by atoms with van der Waals surface area (Å²) >= 11 is 0. The van der Waals surface area contributed by atoms with Crippen LogP contribution in [-0.2, 0) is 11.3 Å². The van der Waals surface area contributed by atoms with E-state index in [-0.39, 0.29) is 17.4 Å². The van der Waals surface area contributed by atoms with Crippen LogP contribution in [0.1, 0.15) is 19.4 Å². The van der Waals surface area contributed by atoms with Crippen molar-refractivity contribution in [1.82, 2.24) is 15.2 Å². The summed E-state index contributed by atoms with van der Waals surface area (Å²) in [6.07, 6.45) is 3.55. The molecule has 1 aliphatic heterocycles. The zero-order valence-electron chi connectivity index (χ0n) is 11.6. The molecule has 1 aromatic rings. The van der Waals surface area contributed by atoms with E-state index in [1.807, 2.05) is 12.1 Å². The first kappa shape index (κ1) is 14.0. The van der Waals surface area contributed by atoms with Crippen molar-refractivity contribution < 1.29 is 4.79 Å². The van der Waals surface area contributed by atoms with Crippen molar-refractivity contribution in [3.05, 3.63) is 30.1 Å². The third-order valence-electron chi connectivity index (χ3n) is 3.47. The molecule has 5 nitrogen and oxygen atoms in total. The van der Waals surface area contributed by atoms with E-state index in [0.717, 1.165) is 18.7 Å². The molecule has 0 spiro atoms. The number of nitrogens with two attached hydrogens (primary N) is 1. The maximum atomic E-state index is 12.1. The van der Waals surface area contributed by atoms with Gasteiger partial charge in [-0.3, -0.25) is 14.7 Å². The Bertz CT molecular complexity index is 432. The van der Waals surface area contributed by atoms with Crippen LogP contribution in [0.3, 0.4) is 0 Å². The fourth-order valence-electron chi connectivity index (χ4n) is 2.47. The van der Waals surface area contributed by atoms with Crippen LogP contribution in [0.4, 0.5) is 0 Å². The minimum atomic E-state index is -0.255. The molecule has 1 atom stereocenters. The van der Waals surface area contributed by atoms with Gasteiger partial charge in [0.05, 0.1) is 0 Å². The molecule has 3 N–H and O–H groups in total. The van der Waals surface area contributed by atoms with Gasteiger partial charge in [-0.05, 0) is 23.1 Å². The number of nitrogens with zero attached hydrogens (tertiary/aromatic N) is 2. The summed E-state index contributed by atoms with van der Waals surface area (Å²) in [5.41, 5.74) is 6.98. The molecule has 0 aliphatic carbocycles. The van der Waals surface area contributed by atoms with Gasteiger partial charge in [-0.1, -0.05) is 13.8 Å². The molecule has 2 heterocycles. The Kier molecular flexibility index (Phi) is 4.17. The van der Waals surface area contributed by atoms with Crippen molar-refractivity contribution in [2.45, 2.75) is 26.4 Å². The van der Waals surface area contributed by atoms with E-state index >= 15 is 0 Å². The number of amides is 1. The minimum Gasteiger partial charge on any atom is -0.354 e. The lowest BCUT2D eigenvalue weighted by Crippen LogP contribution is -2.48. The fraction of sp³-hybridized carbons (Fsp3) is 0.571. The van der Waals surface area contributed by atoms with E-state index in [4.69, 9.17) is 5.73 Å². The van der Waals surface area contributed by atoms with E-state index in [2.05, 4.69) is 29.0 Å². The van der Waals surface area contributed by atoms with Gasteiger partial charge < -0.3 is 11.1 Å². The second kappa shape index (κ2) is 5.67. The van der Waals surface area contributed by atoms with Crippen molar-refractivity contribution in [2.24, 2.45) is 11.1 Å². The first-order valence-corrected chi connectivity index (χ1v) is 6.62. The largest absolute Gasteiger partial charge is 0.354 e. The van der Waals surface area contributed by atoms with Crippen molar-refractivity contribution in [2.75, 3.05) is 19.6 Å². The molecule has 0 bridgehead atoms. The molecule has 19 heavy (non-hydrogen) atoms. The molecule has 1 saturated heterocycles. The molecule has 1 amide bonds. The molecule has 0 saturated carbocycles. The van der Waals surface area contributed by atoms with E-state index < -0.39 is 0 Å². The number of carbonyl (C=O) groups excluding carboxylic acids is 1. The van der Waals surface area contributed by atoms with Crippen molar-refractivity contribution >= 4 is 5.91 Å². The minimum absolute atomic E-state index is 0.0298. The van der Waals surface area contributed by atoms with Crippen molar-refractivity contribution in [1.29, 1.82) is 0 Å². The van der Waals surface area contributed by atoms with Gasteiger partial charge in [0.25, 0.3) is 0 Å². The second-order valence-corrected chi connectivity index (χ2v) is 5.89. The maximum Gasteiger partial charge on any atom is 0.238 e. The van der Waals surface area contributed by atoms with Gasteiger partial charge in [0, 0.05) is 38.6 Å². The summed E-state index contributed by atoms with van der Waals surface area (Å²) in [5, 5.41) is 2.98. The van der Waals surface area contributed by atoms with Crippen LogP contribution in [0.15, 0.2) is 24.5 Å². The quantitative estimate of drug-likeness (QED) is 0.825. The normalized spacial score (nSPS) is 23.7. The van der Waals surface area contributed by atoms with E-state index in [1.165, 1.54) is 0 Å². The summed E-state index contributed by atoms with van der Waals surface area (Å²) in [4.78, 5) is 18.3. The lowest BCUT2D eigenvalue weighted by atomic mass is 9.93. The lowest BCUT2D eigenvalue weighted by molar-refractivity contribution is -0.125. The molecule has 1 unspecified atom stereocenters. The molecular weight excluding hydrogens is 240 g/mol. The molecular formula is C14H22N4O. The molecule has 0 aromatic carbocycles. The zero-order chi connectivity index (χ0) is 13.9. The second-order valence-electron chi connectivity index (χ2n) is 5.89. The summed E-state index contributed by atoms with van der Waals surface area (Å²) in [5.74, 6) is 0.0298. The van der Waals surface area contributed by atoms with E-state index in [0.29, 0.717) is 13.1 Å². The highest BCUT2D eigenvalue weighted by Gasteiger charge is 2.34. The highest BCUT2D eigenvalue weighted by Crippen LogP contribution is 2.22. The van der Waals surface area contributed by atoms with Crippen LogP contribution in [-0.4, -0.2) is 41.5 Å². The van der Waals surface area contributed by atoms with Crippen LogP contribution < -0.4 is 11.1 Å². The Morgan fingerprint density at radius 2 is 2.16 bits per heavy atom. The molecule has 104 valence electrons. The third kappa shape index (κ3) is 3.52.